The lowest BCUT2D eigenvalue weighted by Gasteiger charge is -2.36. The van der Waals surface area contributed by atoms with Gasteiger partial charge in [0.1, 0.15) is 0 Å². The molecule has 2 heteroatoms. The highest BCUT2D eigenvalue weighted by Crippen LogP contribution is 2.20. The molecule has 0 aromatic heterocycles. The fourth-order valence-corrected chi connectivity index (χ4v) is 2.67. The SMILES string of the molecule is CC1(O)CCCN(CCCc2ccccc2)C1. The minimum Gasteiger partial charge on any atom is -0.389 e. The molecule has 17 heavy (non-hydrogen) atoms. The smallest absolute Gasteiger partial charge is 0.0746 e. The average Bonchev–Trinajstić information content (AvgIpc) is 2.29. The van der Waals surface area contributed by atoms with Gasteiger partial charge in [0.25, 0.3) is 0 Å². The van der Waals surface area contributed by atoms with Gasteiger partial charge in [-0.3, -0.25) is 0 Å². The molecule has 1 fully saturated rings. The third-order valence-electron chi connectivity index (χ3n) is 3.54. The molecule has 1 aliphatic rings. The van der Waals surface area contributed by atoms with Crippen molar-refractivity contribution in [2.45, 2.75) is 38.2 Å². The molecule has 2 rings (SSSR count). The van der Waals surface area contributed by atoms with E-state index in [0.717, 1.165) is 38.9 Å². The van der Waals surface area contributed by atoms with Crippen LogP contribution in [0.3, 0.4) is 0 Å². The average molecular weight is 233 g/mol. The number of rotatable bonds is 4. The van der Waals surface area contributed by atoms with Crippen molar-refractivity contribution in [1.82, 2.24) is 4.90 Å². The van der Waals surface area contributed by atoms with Crippen molar-refractivity contribution in [3.8, 4) is 0 Å². The molecule has 0 spiro atoms. The van der Waals surface area contributed by atoms with Crippen LogP contribution in [0, 0.1) is 0 Å². The second-order valence-corrected chi connectivity index (χ2v) is 5.47. The number of aryl methyl sites for hydroxylation is 1. The van der Waals surface area contributed by atoms with E-state index in [9.17, 15) is 5.11 Å². The molecule has 1 N–H and O–H groups in total. The molecule has 1 saturated heterocycles. The summed E-state index contributed by atoms with van der Waals surface area (Å²) < 4.78 is 0. The van der Waals surface area contributed by atoms with Crippen LogP contribution in [0.2, 0.25) is 0 Å². The molecule has 0 aliphatic carbocycles. The molecule has 1 unspecified atom stereocenters. The lowest BCUT2D eigenvalue weighted by Crippen LogP contribution is -2.46. The van der Waals surface area contributed by atoms with Crippen LogP contribution in [0.1, 0.15) is 31.7 Å². The zero-order valence-electron chi connectivity index (χ0n) is 10.7. The van der Waals surface area contributed by atoms with Gasteiger partial charge in [-0.15, -0.1) is 0 Å². The molecule has 1 aromatic carbocycles. The van der Waals surface area contributed by atoms with E-state index >= 15 is 0 Å². The van der Waals surface area contributed by atoms with E-state index in [1.54, 1.807) is 0 Å². The van der Waals surface area contributed by atoms with Crippen LogP contribution in [0.25, 0.3) is 0 Å². The Morgan fingerprint density at radius 1 is 1.29 bits per heavy atom. The first-order valence-corrected chi connectivity index (χ1v) is 6.64. The van der Waals surface area contributed by atoms with Gasteiger partial charge in [0.15, 0.2) is 0 Å². The van der Waals surface area contributed by atoms with Gasteiger partial charge in [-0.1, -0.05) is 30.3 Å². The quantitative estimate of drug-likeness (QED) is 0.863. The molecular weight excluding hydrogens is 210 g/mol. The van der Waals surface area contributed by atoms with E-state index in [1.807, 2.05) is 6.92 Å². The third kappa shape index (κ3) is 4.14. The molecule has 0 amide bonds. The van der Waals surface area contributed by atoms with Gasteiger partial charge in [0.2, 0.25) is 0 Å². The van der Waals surface area contributed by atoms with Crippen molar-refractivity contribution in [1.29, 1.82) is 0 Å². The lowest BCUT2D eigenvalue weighted by atomic mass is 9.95. The summed E-state index contributed by atoms with van der Waals surface area (Å²) in [4.78, 5) is 2.40. The normalized spacial score (nSPS) is 26.0. The second kappa shape index (κ2) is 5.65. The van der Waals surface area contributed by atoms with Crippen molar-refractivity contribution in [3.63, 3.8) is 0 Å². The minimum atomic E-state index is -0.467. The minimum absolute atomic E-state index is 0.467. The van der Waals surface area contributed by atoms with Crippen molar-refractivity contribution >= 4 is 0 Å². The Morgan fingerprint density at radius 2 is 2.06 bits per heavy atom. The highest BCUT2D eigenvalue weighted by molar-refractivity contribution is 5.14. The maximum absolute atomic E-state index is 10.0. The molecule has 0 radical (unpaired) electrons. The Labute approximate surface area is 104 Å². The van der Waals surface area contributed by atoms with Gasteiger partial charge in [-0.2, -0.15) is 0 Å². The Hall–Kier alpha value is -0.860. The first-order chi connectivity index (χ1) is 8.16. The summed E-state index contributed by atoms with van der Waals surface area (Å²) in [6, 6.07) is 10.6. The molecule has 1 atom stereocenters. The summed E-state index contributed by atoms with van der Waals surface area (Å²) in [5, 5.41) is 10.0. The second-order valence-electron chi connectivity index (χ2n) is 5.47. The van der Waals surface area contributed by atoms with E-state index in [4.69, 9.17) is 0 Å². The van der Waals surface area contributed by atoms with Crippen molar-refractivity contribution in [2.24, 2.45) is 0 Å². The first kappa shape index (κ1) is 12.6. The van der Waals surface area contributed by atoms with E-state index in [1.165, 1.54) is 12.0 Å². The summed E-state index contributed by atoms with van der Waals surface area (Å²) in [7, 11) is 0. The number of aliphatic hydroxyl groups is 1. The fourth-order valence-electron chi connectivity index (χ4n) is 2.67. The standard InChI is InChI=1S/C15H23NO/c1-15(17)10-6-12-16(13-15)11-5-9-14-7-3-2-4-8-14/h2-4,7-8,17H,5-6,9-13H2,1H3. The predicted molar refractivity (Wildman–Crippen MR) is 71.1 cm³/mol. The molecule has 0 bridgehead atoms. The van der Waals surface area contributed by atoms with Crippen molar-refractivity contribution in [2.75, 3.05) is 19.6 Å². The van der Waals surface area contributed by atoms with Crippen LogP contribution in [-0.4, -0.2) is 35.2 Å². The fraction of sp³-hybridized carbons (Fsp3) is 0.600. The van der Waals surface area contributed by atoms with Gasteiger partial charge in [0, 0.05) is 6.54 Å². The molecule has 94 valence electrons. The number of likely N-dealkylation sites (tertiary alicyclic amines) is 1. The van der Waals surface area contributed by atoms with Crippen molar-refractivity contribution in [3.05, 3.63) is 35.9 Å². The Bertz CT molecular complexity index is 334. The van der Waals surface area contributed by atoms with Crippen LogP contribution >= 0.6 is 0 Å². The van der Waals surface area contributed by atoms with E-state index < -0.39 is 5.60 Å². The molecule has 2 nitrogen and oxygen atoms in total. The molecule has 1 aromatic rings. The van der Waals surface area contributed by atoms with E-state index in [2.05, 4.69) is 35.2 Å². The maximum atomic E-state index is 10.0. The Morgan fingerprint density at radius 3 is 2.76 bits per heavy atom. The number of nitrogens with zero attached hydrogens (tertiary/aromatic N) is 1. The van der Waals surface area contributed by atoms with Gasteiger partial charge in [-0.05, 0) is 51.3 Å². The number of benzene rings is 1. The topological polar surface area (TPSA) is 23.5 Å². The number of hydrogen-bond donors (Lipinski definition) is 1. The molecular formula is C15H23NO. The van der Waals surface area contributed by atoms with E-state index in [-0.39, 0.29) is 0 Å². The highest BCUT2D eigenvalue weighted by atomic mass is 16.3. The van der Waals surface area contributed by atoms with Gasteiger partial charge in [-0.25, -0.2) is 0 Å². The Balaban J connectivity index is 1.72. The third-order valence-corrected chi connectivity index (χ3v) is 3.54. The van der Waals surface area contributed by atoms with E-state index in [0.29, 0.717) is 0 Å². The molecule has 1 heterocycles. The summed E-state index contributed by atoms with van der Waals surface area (Å²) >= 11 is 0. The summed E-state index contributed by atoms with van der Waals surface area (Å²) in [6.45, 7) is 5.04. The predicted octanol–water partition coefficient (Wildman–Crippen LogP) is 2.47. The highest BCUT2D eigenvalue weighted by Gasteiger charge is 2.27. The van der Waals surface area contributed by atoms with Gasteiger partial charge >= 0.3 is 0 Å². The van der Waals surface area contributed by atoms with Gasteiger partial charge < -0.3 is 10.0 Å². The lowest BCUT2D eigenvalue weighted by molar-refractivity contribution is -0.0156. The largest absolute Gasteiger partial charge is 0.389 e. The van der Waals surface area contributed by atoms with Crippen LogP contribution in [0.15, 0.2) is 30.3 Å². The number of β-amino-alcohol motifs (C(OH)–C–C–N with tert-alkyl or cyclic N) is 1. The number of piperidine rings is 1. The summed E-state index contributed by atoms with van der Waals surface area (Å²) in [6.07, 6.45) is 4.39. The number of hydrogen-bond acceptors (Lipinski definition) is 2. The monoisotopic (exact) mass is 233 g/mol. The molecule has 1 aliphatic heterocycles. The maximum Gasteiger partial charge on any atom is 0.0746 e. The summed E-state index contributed by atoms with van der Waals surface area (Å²) in [5.74, 6) is 0. The van der Waals surface area contributed by atoms with Crippen LogP contribution in [0.4, 0.5) is 0 Å². The van der Waals surface area contributed by atoms with Crippen LogP contribution in [-0.2, 0) is 6.42 Å². The zero-order chi connectivity index (χ0) is 12.1. The zero-order valence-corrected chi connectivity index (χ0v) is 10.7. The molecule has 0 saturated carbocycles. The van der Waals surface area contributed by atoms with Crippen molar-refractivity contribution < 1.29 is 5.11 Å². The first-order valence-electron chi connectivity index (χ1n) is 6.64. The van der Waals surface area contributed by atoms with Crippen LogP contribution < -0.4 is 0 Å². The van der Waals surface area contributed by atoms with Gasteiger partial charge in [0.05, 0.1) is 5.60 Å². The Kier molecular flexibility index (Phi) is 4.19. The van der Waals surface area contributed by atoms with Crippen LogP contribution in [0.5, 0.6) is 0 Å². The summed E-state index contributed by atoms with van der Waals surface area (Å²) in [5.41, 5.74) is 0.946.